The lowest BCUT2D eigenvalue weighted by Crippen LogP contribution is -2.24. The summed E-state index contributed by atoms with van der Waals surface area (Å²) < 4.78 is 5.80. The van der Waals surface area contributed by atoms with Gasteiger partial charge >= 0.3 is 0 Å². The van der Waals surface area contributed by atoms with E-state index in [0.717, 1.165) is 5.56 Å². The molecule has 1 amide bonds. The largest absolute Gasteiger partial charge is 0.455 e. The third kappa shape index (κ3) is 3.32. The number of benzene rings is 1. The second-order valence-corrected chi connectivity index (χ2v) is 7.94. The number of halogens is 2. The number of nitrogens with one attached hydrogen (secondary N) is 1. The fourth-order valence-electron chi connectivity index (χ4n) is 3.32. The molecule has 2 N–H and O–H groups in total. The molecule has 0 aliphatic heterocycles. The summed E-state index contributed by atoms with van der Waals surface area (Å²) in [5.74, 6) is 0.517. The highest BCUT2D eigenvalue weighted by atomic mass is 35.5. The number of fused-ring (bicyclic) bond motifs is 1. The fraction of sp³-hybridized carbons (Fsp3) is 0.389. The van der Waals surface area contributed by atoms with Crippen molar-refractivity contribution in [1.29, 1.82) is 0 Å². The van der Waals surface area contributed by atoms with E-state index in [9.17, 15) is 9.90 Å². The Morgan fingerprint density at radius 3 is 2.54 bits per heavy atom. The van der Waals surface area contributed by atoms with Crippen LogP contribution in [0.1, 0.15) is 53.8 Å². The van der Waals surface area contributed by atoms with Crippen LogP contribution in [0.5, 0.6) is 0 Å². The highest BCUT2D eigenvalue weighted by Gasteiger charge is 2.37. The zero-order valence-corrected chi connectivity index (χ0v) is 15.3. The van der Waals surface area contributed by atoms with E-state index in [1.54, 1.807) is 25.1 Å². The van der Waals surface area contributed by atoms with Gasteiger partial charge in [0.2, 0.25) is 0 Å². The lowest BCUT2D eigenvalue weighted by atomic mass is 9.75. The van der Waals surface area contributed by atoms with Crippen LogP contribution >= 0.6 is 23.2 Å². The standard InChI is InChI=1S/C18H19Cl2NO3/c1-9-15-13(22)7-18(2,3)8-14(15)24-16(9)17(23)21-12-5-10(19)4-11(20)6-12/h4-6,13,22H,7-8H2,1-3H3,(H,21,23). The van der Waals surface area contributed by atoms with Crippen molar-refractivity contribution in [3.05, 3.63) is 50.9 Å². The number of aliphatic hydroxyl groups is 1. The first-order valence-electron chi connectivity index (χ1n) is 7.74. The molecule has 1 atom stereocenters. The fourth-order valence-corrected chi connectivity index (χ4v) is 3.84. The molecule has 0 radical (unpaired) electrons. The maximum Gasteiger partial charge on any atom is 0.291 e. The van der Waals surface area contributed by atoms with Gasteiger partial charge in [0.1, 0.15) is 5.76 Å². The van der Waals surface area contributed by atoms with Crippen LogP contribution < -0.4 is 5.32 Å². The summed E-state index contributed by atoms with van der Waals surface area (Å²) in [4.78, 5) is 12.6. The summed E-state index contributed by atoms with van der Waals surface area (Å²) in [5.41, 5.74) is 1.85. The molecule has 4 nitrogen and oxygen atoms in total. The van der Waals surface area contributed by atoms with Crippen LogP contribution in [0.15, 0.2) is 22.6 Å². The number of hydrogen-bond donors (Lipinski definition) is 2. The maximum atomic E-state index is 12.6. The van der Waals surface area contributed by atoms with Crippen molar-refractivity contribution < 1.29 is 14.3 Å². The Balaban J connectivity index is 1.92. The Morgan fingerprint density at radius 2 is 1.92 bits per heavy atom. The topological polar surface area (TPSA) is 62.5 Å². The highest BCUT2D eigenvalue weighted by molar-refractivity contribution is 6.35. The van der Waals surface area contributed by atoms with E-state index in [0.29, 0.717) is 39.9 Å². The number of amides is 1. The van der Waals surface area contributed by atoms with Crippen molar-refractivity contribution in [1.82, 2.24) is 0 Å². The Bertz CT molecular complexity index is 791. The molecule has 1 aromatic heterocycles. The first kappa shape index (κ1) is 17.3. The van der Waals surface area contributed by atoms with E-state index < -0.39 is 6.10 Å². The van der Waals surface area contributed by atoms with Gasteiger partial charge in [-0.05, 0) is 37.0 Å². The molecule has 0 saturated carbocycles. The van der Waals surface area contributed by atoms with Crippen molar-refractivity contribution >= 4 is 34.8 Å². The molecule has 1 aromatic carbocycles. The number of furan rings is 1. The zero-order valence-electron chi connectivity index (χ0n) is 13.7. The van der Waals surface area contributed by atoms with E-state index in [4.69, 9.17) is 27.6 Å². The Labute approximate surface area is 150 Å². The molecule has 0 bridgehead atoms. The van der Waals surface area contributed by atoms with Crippen LogP contribution in [0.25, 0.3) is 0 Å². The normalized spacial score (nSPS) is 19.0. The van der Waals surface area contributed by atoms with Crippen LogP contribution in [-0.4, -0.2) is 11.0 Å². The van der Waals surface area contributed by atoms with Crippen molar-refractivity contribution in [2.45, 2.75) is 39.7 Å². The van der Waals surface area contributed by atoms with Gasteiger partial charge in [0, 0.05) is 33.3 Å². The van der Waals surface area contributed by atoms with Crippen molar-refractivity contribution in [3.8, 4) is 0 Å². The summed E-state index contributed by atoms with van der Waals surface area (Å²) in [6, 6.07) is 4.82. The Morgan fingerprint density at radius 1 is 1.29 bits per heavy atom. The van der Waals surface area contributed by atoms with Gasteiger partial charge in [-0.15, -0.1) is 0 Å². The minimum atomic E-state index is -0.616. The molecular formula is C18H19Cl2NO3. The summed E-state index contributed by atoms with van der Waals surface area (Å²) in [5, 5.41) is 14.0. The van der Waals surface area contributed by atoms with Gasteiger partial charge in [0.25, 0.3) is 5.91 Å². The van der Waals surface area contributed by atoms with E-state index in [1.165, 1.54) is 0 Å². The van der Waals surface area contributed by atoms with Gasteiger partial charge in [-0.2, -0.15) is 0 Å². The molecule has 0 saturated heterocycles. The minimum Gasteiger partial charge on any atom is -0.455 e. The van der Waals surface area contributed by atoms with Crippen molar-refractivity contribution in [2.24, 2.45) is 5.41 Å². The molecule has 0 spiro atoms. The number of carbonyl (C=O) groups is 1. The van der Waals surface area contributed by atoms with E-state index >= 15 is 0 Å². The summed E-state index contributed by atoms with van der Waals surface area (Å²) in [7, 11) is 0. The summed E-state index contributed by atoms with van der Waals surface area (Å²) >= 11 is 11.9. The minimum absolute atomic E-state index is 0.0645. The third-order valence-electron chi connectivity index (χ3n) is 4.32. The molecule has 3 rings (SSSR count). The van der Waals surface area contributed by atoms with E-state index in [1.807, 2.05) is 0 Å². The quantitative estimate of drug-likeness (QED) is 0.770. The summed E-state index contributed by atoms with van der Waals surface area (Å²) in [6.07, 6.45) is 0.719. The average molecular weight is 368 g/mol. The first-order chi connectivity index (χ1) is 11.2. The smallest absolute Gasteiger partial charge is 0.291 e. The molecule has 1 aliphatic rings. The van der Waals surface area contributed by atoms with Gasteiger partial charge in [-0.25, -0.2) is 0 Å². The second kappa shape index (κ2) is 6.10. The molecule has 2 aromatic rings. The third-order valence-corrected chi connectivity index (χ3v) is 4.75. The van der Waals surface area contributed by atoms with Crippen LogP contribution in [-0.2, 0) is 6.42 Å². The molecule has 6 heteroatoms. The zero-order chi connectivity index (χ0) is 17.6. The van der Waals surface area contributed by atoms with E-state index in [-0.39, 0.29) is 17.1 Å². The van der Waals surface area contributed by atoms with E-state index in [2.05, 4.69) is 19.2 Å². The predicted octanol–water partition coefficient (Wildman–Crippen LogP) is 5.15. The highest BCUT2D eigenvalue weighted by Crippen LogP contribution is 2.44. The number of anilines is 1. The van der Waals surface area contributed by atoms with Gasteiger partial charge in [0.05, 0.1) is 6.10 Å². The molecule has 0 fully saturated rings. The first-order valence-corrected chi connectivity index (χ1v) is 8.49. The van der Waals surface area contributed by atoms with Crippen LogP contribution in [0.2, 0.25) is 10.0 Å². The van der Waals surface area contributed by atoms with Gasteiger partial charge in [-0.1, -0.05) is 37.0 Å². The lowest BCUT2D eigenvalue weighted by molar-refractivity contribution is 0.0910. The van der Waals surface area contributed by atoms with Gasteiger partial charge in [0.15, 0.2) is 5.76 Å². The van der Waals surface area contributed by atoms with Crippen molar-refractivity contribution in [2.75, 3.05) is 5.32 Å². The van der Waals surface area contributed by atoms with Crippen LogP contribution in [0.4, 0.5) is 5.69 Å². The second-order valence-electron chi connectivity index (χ2n) is 7.07. The molecule has 128 valence electrons. The predicted molar refractivity (Wildman–Crippen MR) is 94.9 cm³/mol. The van der Waals surface area contributed by atoms with Crippen LogP contribution in [0, 0.1) is 12.3 Å². The van der Waals surface area contributed by atoms with Gasteiger partial charge in [-0.3, -0.25) is 4.79 Å². The number of rotatable bonds is 2. The number of hydrogen-bond acceptors (Lipinski definition) is 3. The molecule has 1 aliphatic carbocycles. The number of aliphatic hydroxyl groups excluding tert-OH is 1. The molecule has 1 unspecified atom stereocenters. The van der Waals surface area contributed by atoms with Gasteiger partial charge < -0.3 is 14.8 Å². The Kier molecular flexibility index (Phi) is 4.41. The molecular weight excluding hydrogens is 349 g/mol. The maximum absolute atomic E-state index is 12.6. The Hall–Kier alpha value is -1.49. The lowest BCUT2D eigenvalue weighted by Gasteiger charge is -2.31. The summed E-state index contributed by atoms with van der Waals surface area (Å²) in [6.45, 7) is 5.94. The molecule has 24 heavy (non-hydrogen) atoms. The average Bonchev–Trinajstić information content (AvgIpc) is 2.72. The monoisotopic (exact) mass is 367 g/mol. The van der Waals surface area contributed by atoms with Crippen LogP contribution in [0.3, 0.4) is 0 Å². The number of carbonyl (C=O) groups excluding carboxylic acids is 1. The SMILES string of the molecule is Cc1c(C(=O)Nc2cc(Cl)cc(Cl)c2)oc2c1C(O)CC(C)(C)C2. The molecule has 1 heterocycles. The van der Waals surface area contributed by atoms with Crippen molar-refractivity contribution in [3.63, 3.8) is 0 Å².